The maximum absolute atomic E-state index is 14.9. The Morgan fingerprint density at radius 1 is 0.816 bits per heavy atom. The van der Waals surface area contributed by atoms with Gasteiger partial charge in [0, 0.05) is 35.5 Å². The highest BCUT2D eigenvalue weighted by Gasteiger charge is 2.35. The van der Waals surface area contributed by atoms with Crippen LogP contribution < -0.4 is 14.8 Å². The quantitative estimate of drug-likeness (QED) is 0.322. The van der Waals surface area contributed by atoms with E-state index in [1.807, 2.05) is 36.4 Å². The van der Waals surface area contributed by atoms with Gasteiger partial charge in [-0.1, -0.05) is 30.3 Å². The summed E-state index contributed by atoms with van der Waals surface area (Å²) in [7, 11) is 0. The highest BCUT2D eigenvalue weighted by molar-refractivity contribution is 9.10. The number of morpholine rings is 1. The molecular formula is C28H24BrF4N3O2. The fourth-order valence-electron chi connectivity index (χ4n) is 5.30. The zero-order chi connectivity index (χ0) is 26.4. The molecule has 0 aliphatic carbocycles. The smallest absolute Gasteiger partial charge is 0.416 e. The van der Waals surface area contributed by atoms with Gasteiger partial charge in [-0.2, -0.15) is 13.2 Å². The van der Waals surface area contributed by atoms with E-state index in [9.17, 15) is 17.6 Å². The highest BCUT2D eigenvalue weighted by Crippen LogP contribution is 2.47. The SMILES string of the molecule is Fc1cc(C(F)(F)F)cc(-c2cccc3c2N(N2CCOc4ccccc42)CC=C3N2CCOCC2)c1Br. The fourth-order valence-corrected chi connectivity index (χ4v) is 5.74. The van der Waals surface area contributed by atoms with Crippen LogP contribution in [0.25, 0.3) is 16.8 Å². The zero-order valence-corrected chi connectivity index (χ0v) is 21.9. The van der Waals surface area contributed by atoms with Crippen LogP contribution in [0.2, 0.25) is 0 Å². The number of para-hydroxylation sites is 3. The van der Waals surface area contributed by atoms with Gasteiger partial charge < -0.3 is 14.4 Å². The molecule has 0 bridgehead atoms. The van der Waals surface area contributed by atoms with Crippen molar-refractivity contribution in [1.82, 2.24) is 4.90 Å². The van der Waals surface area contributed by atoms with E-state index in [0.717, 1.165) is 28.8 Å². The molecule has 0 aromatic heterocycles. The Kier molecular flexibility index (Phi) is 6.47. The minimum absolute atomic E-state index is 0.0105. The Labute approximate surface area is 225 Å². The first-order valence-corrected chi connectivity index (χ1v) is 13.1. The summed E-state index contributed by atoms with van der Waals surface area (Å²) in [5.41, 5.74) is 3.04. The number of hydrogen-bond donors (Lipinski definition) is 0. The van der Waals surface area contributed by atoms with Crippen molar-refractivity contribution < 1.29 is 27.0 Å². The zero-order valence-electron chi connectivity index (χ0n) is 20.3. The predicted molar refractivity (Wildman–Crippen MR) is 142 cm³/mol. The predicted octanol–water partition coefficient (Wildman–Crippen LogP) is 6.58. The van der Waals surface area contributed by atoms with E-state index in [1.54, 1.807) is 6.07 Å². The Morgan fingerprint density at radius 2 is 1.58 bits per heavy atom. The number of benzene rings is 3. The number of rotatable bonds is 3. The van der Waals surface area contributed by atoms with Gasteiger partial charge in [-0.05, 0) is 46.3 Å². The van der Waals surface area contributed by atoms with Crippen LogP contribution in [-0.4, -0.2) is 50.9 Å². The topological polar surface area (TPSA) is 28.2 Å². The van der Waals surface area contributed by atoms with Crippen LogP contribution in [0.4, 0.5) is 28.9 Å². The third-order valence-corrected chi connectivity index (χ3v) is 7.83. The lowest BCUT2D eigenvalue weighted by molar-refractivity contribution is -0.137. The molecule has 3 aliphatic rings. The molecule has 0 radical (unpaired) electrons. The number of hydrazine groups is 1. The summed E-state index contributed by atoms with van der Waals surface area (Å²) in [4.78, 5) is 2.23. The molecule has 3 aromatic carbocycles. The molecule has 0 unspecified atom stereocenters. The molecule has 38 heavy (non-hydrogen) atoms. The van der Waals surface area contributed by atoms with Crippen molar-refractivity contribution in [1.29, 1.82) is 0 Å². The number of anilines is 2. The summed E-state index contributed by atoms with van der Waals surface area (Å²) in [5, 5.41) is 4.15. The maximum atomic E-state index is 14.9. The van der Waals surface area contributed by atoms with Crippen LogP contribution in [0.3, 0.4) is 0 Å². The van der Waals surface area contributed by atoms with Gasteiger partial charge in [0.05, 0.1) is 47.7 Å². The number of ether oxygens (including phenoxy) is 2. The van der Waals surface area contributed by atoms with Gasteiger partial charge in [-0.25, -0.2) is 4.39 Å². The number of fused-ring (bicyclic) bond motifs is 2. The van der Waals surface area contributed by atoms with Gasteiger partial charge in [0.25, 0.3) is 0 Å². The van der Waals surface area contributed by atoms with Crippen molar-refractivity contribution in [2.24, 2.45) is 0 Å². The van der Waals surface area contributed by atoms with Crippen molar-refractivity contribution in [3.8, 4) is 16.9 Å². The lowest BCUT2D eigenvalue weighted by Crippen LogP contribution is -2.49. The van der Waals surface area contributed by atoms with E-state index in [1.165, 1.54) is 0 Å². The summed E-state index contributed by atoms with van der Waals surface area (Å²) < 4.78 is 67.5. The fraction of sp³-hybridized carbons (Fsp3) is 0.286. The summed E-state index contributed by atoms with van der Waals surface area (Å²) in [6, 6.07) is 14.7. The molecule has 1 fully saturated rings. The normalized spacial score (nSPS) is 17.5. The second-order valence-electron chi connectivity index (χ2n) is 9.23. The molecule has 1 saturated heterocycles. The van der Waals surface area contributed by atoms with E-state index in [-0.39, 0.29) is 10.0 Å². The minimum atomic E-state index is -4.69. The third-order valence-electron chi connectivity index (χ3n) is 7.02. The van der Waals surface area contributed by atoms with Crippen LogP contribution >= 0.6 is 15.9 Å². The lowest BCUT2D eigenvalue weighted by atomic mass is 9.94. The number of hydrogen-bond acceptors (Lipinski definition) is 5. The van der Waals surface area contributed by atoms with E-state index in [0.29, 0.717) is 63.3 Å². The molecule has 3 aromatic rings. The standard InChI is InChI=1S/C28H24BrF4N3O2/c29-26-21(16-18(17-22(26)30)28(31,32)33)19-4-3-5-20-23(34-10-13-37-14-11-34)8-9-36(27(19)20)35-12-15-38-25-7-2-1-6-24(25)35/h1-8,16-17H,9-15H2. The number of halogens is 5. The van der Waals surface area contributed by atoms with Gasteiger partial charge in [-0.15, -0.1) is 0 Å². The third kappa shape index (κ3) is 4.39. The average Bonchev–Trinajstić information content (AvgIpc) is 2.93. The van der Waals surface area contributed by atoms with Crippen LogP contribution in [-0.2, 0) is 10.9 Å². The lowest BCUT2D eigenvalue weighted by Gasteiger charge is -2.45. The average molecular weight is 590 g/mol. The molecule has 0 N–H and O–H groups in total. The van der Waals surface area contributed by atoms with Crippen LogP contribution in [0.5, 0.6) is 5.75 Å². The van der Waals surface area contributed by atoms with Crippen molar-refractivity contribution in [3.63, 3.8) is 0 Å². The van der Waals surface area contributed by atoms with Gasteiger partial charge in [0.1, 0.15) is 18.2 Å². The van der Waals surface area contributed by atoms with Gasteiger partial charge in [-0.3, -0.25) is 10.0 Å². The monoisotopic (exact) mass is 589 g/mol. The number of alkyl halides is 3. The maximum Gasteiger partial charge on any atom is 0.416 e. The Hall–Kier alpha value is -3.24. The molecule has 3 aliphatic heterocycles. The largest absolute Gasteiger partial charge is 0.489 e. The van der Waals surface area contributed by atoms with E-state index in [4.69, 9.17) is 9.47 Å². The van der Waals surface area contributed by atoms with E-state index >= 15 is 0 Å². The molecule has 5 nitrogen and oxygen atoms in total. The molecule has 6 rings (SSSR count). The molecule has 0 atom stereocenters. The Bertz CT molecular complexity index is 1410. The van der Waals surface area contributed by atoms with Gasteiger partial charge in [0.15, 0.2) is 0 Å². The second kappa shape index (κ2) is 9.81. The van der Waals surface area contributed by atoms with E-state index < -0.39 is 17.6 Å². The molecule has 0 saturated carbocycles. The van der Waals surface area contributed by atoms with E-state index in [2.05, 4.69) is 36.9 Å². The first kappa shape index (κ1) is 25.1. The summed E-state index contributed by atoms with van der Waals surface area (Å²) in [6.45, 7) is 4.07. The summed E-state index contributed by atoms with van der Waals surface area (Å²) >= 11 is 3.24. The molecular weight excluding hydrogens is 566 g/mol. The molecule has 0 spiro atoms. The summed E-state index contributed by atoms with van der Waals surface area (Å²) in [6.07, 6.45) is -2.55. The van der Waals surface area contributed by atoms with Crippen molar-refractivity contribution in [2.75, 3.05) is 56.0 Å². The van der Waals surface area contributed by atoms with Gasteiger partial charge >= 0.3 is 6.18 Å². The molecule has 3 heterocycles. The van der Waals surface area contributed by atoms with Crippen LogP contribution in [0, 0.1) is 5.82 Å². The van der Waals surface area contributed by atoms with Gasteiger partial charge in [0.2, 0.25) is 0 Å². The first-order valence-electron chi connectivity index (χ1n) is 12.3. The second-order valence-corrected chi connectivity index (χ2v) is 10.0. The summed E-state index contributed by atoms with van der Waals surface area (Å²) in [5.74, 6) is -0.234. The molecule has 10 heteroatoms. The minimum Gasteiger partial charge on any atom is -0.489 e. The van der Waals surface area contributed by atoms with Crippen molar-refractivity contribution >= 4 is 33.0 Å². The number of nitrogens with zero attached hydrogens (tertiary/aromatic N) is 3. The first-order chi connectivity index (χ1) is 18.3. The Morgan fingerprint density at radius 3 is 2.37 bits per heavy atom. The highest BCUT2D eigenvalue weighted by atomic mass is 79.9. The van der Waals surface area contributed by atoms with Crippen LogP contribution in [0.1, 0.15) is 11.1 Å². The van der Waals surface area contributed by atoms with Crippen molar-refractivity contribution in [3.05, 3.63) is 82.1 Å². The van der Waals surface area contributed by atoms with Crippen molar-refractivity contribution in [2.45, 2.75) is 6.18 Å². The molecule has 0 amide bonds. The Balaban J connectivity index is 1.56. The molecule has 198 valence electrons. The van der Waals surface area contributed by atoms with Crippen LogP contribution in [0.15, 0.2) is 65.1 Å².